The summed E-state index contributed by atoms with van der Waals surface area (Å²) in [5.74, 6) is -7.39. The number of carbonyl (C=O) groups excluding carboxylic acids is 2. The quantitative estimate of drug-likeness (QED) is 0.763. The number of carbonyl (C=O) groups is 2. The van der Waals surface area contributed by atoms with Crippen molar-refractivity contribution in [2.45, 2.75) is 24.9 Å². The van der Waals surface area contributed by atoms with Crippen molar-refractivity contribution < 1.29 is 18.4 Å². The number of nitrogens with one attached hydrogen (secondary N) is 1. The predicted molar refractivity (Wildman–Crippen MR) is 86.4 cm³/mol. The first kappa shape index (κ1) is 17.7. The Hall–Kier alpha value is -2.60. The molecule has 3 N–H and O–H groups in total. The maximum atomic E-state index is 14.0. The third kappa shape index (κ3) is 4.45. The second-order valence-corrected chi connectivity index (χ2v) is 5.40. The molecule has 0 saturated carbocycles. The molecule has 6 heteroatoms. The number of halogens is 2. The van der Waals surface area contributed by atoms with Gasteiger partial charge in [-0.3, -0.25) is 9.59 Å². The highest BCUT2D eigenvalue weighted by Gasteiger charge is 2.48. The van der Waals surface area contributed by atoms with Crippen molar-refractivity contribution in [3.63, 3.8) is 0 Å². The van der Waals surface area contributed by atoms with Crippen molar-refractivity contribution in [3.05, 3.63) is 71.8 Å². The zero-order valence-corrected chi connectivity index (χ0v) is 12.9. The van der Waals surface area contributed by atoms with Crippen LogP contribution in [0.1, 0.15) is 11.1 Å². The van der Waals surface area contributed by atoms with E-state index < -0.39 is 23.7 Å². The summed E-state index contributed by atoms with van der Waals surface area (Å²) in [6, 6.07) is 15.7. The monoisotopic (exact) mass is 332 g/mol. The summed E-state index contributed by atoms with van der Waals surface area (Å²) in [7, 11) is 0. The molecule has 1 atom stereocenters. The zero-order valence-electron chi connectivity index (χ0n) is 12.9. The van der Waals surface area contributed by atoms with E-state index in [9.17, 15) is 18.4 Å². The van der Waals surface area contributed by atoms with Crippen molar-refractivity contribution >= 4 is 11.7 Å². The Labute approximate surface area is 138 Å². The molecular formula is C18H18F2N2O2. The molecule has 2 rings (SSSR count). The Morgan fingerprint density at radius 2 is 1.46 bits per heavy atom. The fourth-order valence-corrected chi connectivity index (χ4v) is 2.19. The van der Waals surface area contributed by atoms with Crippen LogP contribution in [0.5, 0.6) is 0 Å². The third-order valence-corrected chi connectivity index (χ3v) is 3.53. The SMILES string of the molecule is NC(Cc1ccccc1)C(=O)C(F)(F)C(=O)NCc1ccccc1. The Balaban J connectivity index is 1.96. The summed E-state index contributed by atoms with van der Waals surface area (Å²) < 4.78 is 28.1. The van der Waals surface area contributed by atoms with Gasteiger partial charge in [-0.1, -0.05) is 60.7 Å². The lowest BCUT2D eigenvalue weighted by molar-refractivity contribution is -0.159. The standard InChI is InChI=1S/C18H18F2N2O2/c19-18(20,17(24)22-12-14-9-5-2-6-10-14)16(23)15(21)11-13-7-3-1-4-8-13/h1-10,15H,11-12,21H2,(H,22,24). The Morgan fingerprint density at radius 1 is 0.958 bits per heavy atom. The summed E-state index contributed by atoms with van der Waals surface area (Å²) in [6.07, 6.45) is -0.0543. The number of nitrogens with two attached hydrogens (primary N) is 1. The van der Waals surface area contributed by atoms with Crippen LogP contribution in [0.25, 0.3) is 0 Å². The fourth-order valence-electron chi connectivity index (χ4n) is 2.19. The molecule has 0 radical (unpaired) electrons. The van der Waals surface area contributed by atoms with Crippen molar-refractivity contribution in [1.82, 2.24) is 5.32 Å². The van der Waals surface area contributed by atoms with Crippen LogP contribution in [-0.2, 0) is 22.6 Å². The van der Waals surface area contributed by atoms with Gasteiger partial charge in [-0.15, -0.1) is 0 Å². The summed E-state index contributed by atoms with van der Waals surface area (Å²) in [4.78, 5) is 23.6. The molecule has 0 bridgehead atoms. The minimum absolute atomic E-state index is 0.0543. The van der Waals surface area contributed by atoms with Crippen LogP contribution in [-0.4, -0.2) is 23.7 Å². The fraction of sp³-hybridized carbons (Fsp3) is 0.222. The van der Waals surface area contributed by atoms with E-state index in [0.717, 1.165) is 0 Å². The van der Waals surface area contributed by atoms with E-state index in [4.69, 9.17) is 5.73 Å². The molecule has 24 heavy (non-hydrogen) atoms. The van der Waals surface area contributed by atoms with E-state index in [-0.39, 0.29) is 13.0 Å². The molecule has 0 aromatic heterocycles. The lowest BCUT2D eigenvalue weighted by atomic mass is 9.99. The Morgan fingerprint density at radius 3 is 2.00 bits per heavy atom. The van der Waals surface area contributed by atoms with Crippen molar-refractivity contribution in [1.29, 1.82) is 0 Å². The number of benzene rings is 2. The van der Waals surface area contributed by atoms with E-state index in [0.29, 0.717) is 11.1 Å². The van der Waals surface area contributed by atoms with E-state index in [2.05, 4.69) is 5.32 Å². The van der Waals surface area contributed by atoms with Crippen LogP contribution in [0.2, 0.25) is 0 Å². The molecule has 1 amide bonds. The van der Waals surface area contributed by atoms with Crippen LogP contribution in [0.4, 0.5) is 8.78 Å². The smallest absolute Gasteiger partial charge is 0.346 e. The van der Waals surface area contributed by atoms with Crippen LogP contribution in [0.15, 0.2) is 60.7 Å². The van der Waals surface area contributed by atoms with E-state index in [1.807, 2.05) is 0 Å². The molecule has 126 valence electrons. The maximum absolute atomic E-state index is 14.0. The molecule has 0 heterocycles. The molecule has 2 aromatic rings. The topological polar surface area (TPSA) is 72.2 Å². The minimum Gasteiger partial charge on any atom is -0.346 e. The van der Waals surface area contributed by atoms with Gasteiger partial charge in [0.2, 0.25) is 5.78 Å². The van der Waals surface area contributed by atoms with Crippen molar-refractivity contribution in [3.8, 4) is 0 Å². The molecule has 0 saturated heterocycles. The zero-order chi connectivity index (χ0) is 17.6. The summed E-state index contributed by atoms with van der Waals surface area (Å²) in [5.41, 5.74) is 6.88. The maximum Gasteiger partial charge on any atom is 0.383 e. The molecule has 2 aromatic carbocycles. The Bertz CT molecular complexity index is 691. The van der Waals surface area contributed by atoms with E-state index in [1.165, 1.54) is 0 Å². The van der Waals surface area contributed by atoms with Gasteiger partial charge in [0.1, 0.15) is 0 Å². The average molecular weight is 332 g/mol. The molecule has 0 aliphatic rings. The summed E-state index contributed by atoms with van der Waals surface area (Å²) in [6.45, 7) is -0.0868. The normalized spacial score (nSPS) is 12.5. The summed E-state index contributed by atoms with van der Waals surface area (Å²) >= 11 is 0. The highest BCUT2D eigenvalue weighted by Crippen LogP contribution is 2.18. The van der Waals surface area contributed by atoms with Gasteiger partial charge in [-0.25, -0.2) is 0 Å². The van der Waals surface area contributed by atoms with Gasteiger partial charge in [0.25, 0.3) is 5.91 Å². The number of rotatable bonds is 7. The first-order valence-electron chi connectivity index (χ1n) is 7.45. The van der Waals surface area contributed by atoms with Crippen LogP contribution < -0.4 is 11.1 Å². The molecule has 0 fully saturated rings. The minimum atomic E-state index is -4.16. The number of hydrogen-bond donors (Lipinski definition) is 2. The molecule has 0 aliphatic heterocycles. The van der Waals surface area contributed by atoms with Crippen molar-refractivity contribution in [2.24, 2.45) is 5.73 Å². The molecule has 0 aliphatic carbocycles. The van der Waals surface area contributed by atoms with E-state index in [1.54, 1.807) is 60.7 Å². The summed E-state index contributed by atoms with van der Waals surface area (Å²) in [5, 5.41) is 2.07. The van der Waals surface area contributed by atoms with Crippen LogP contribution in [0, 0.1) is 0 Å². The second-order valence-electron chi connectivity index (χ2n) is 5.40. The Kier molecular flexibility index (Phi) is 5.76. The van der Waals surface area contributed by atoms with E-state index >= 15 is 0 Å². The number of amides is 1. The first-order valence-corrected chi connectivity index (χ1v) is 7.45. The highest BCUT2D eigenvalue weighted by atomic mass is 19.3. The number of alkyl halides is 2. The van der Waals surface area contributed by atoms with Gasteiger partial charge in [-0.05, 0) is 17.5 Å². The van der Waals surface area contributed by atoms with Crippen LogP contribution >= 0.6 is 0 Å². The molecule has 0 spiro atoms. The molecule has 4 nitrogen and oxygen atoms in total. The number of hydrogen-bond acceptors (Lipinski definition) is 3. The van der Waals surface area contributed by atoms with Crippen LogP contribution in [0.3, 0.4) is 0 Å². The number of ketones is 1. The van der Waals surface area contributed by atoms with Gasteiger partial charge >= 0.3 is 5.92 Å². The van der Waals surface area contributed by atoms with Crippen molar-refractivity contribution in [2.75, 3.05) is 0 Å². The highest BCUT2D eigenvalue weighted by molar-refractivity contribution is 6.09. The second kappa shape index (κ2) is 7.79. The lowest BCUT2D eigenvalue weighted by Gasteiger charge is -2.19. The van der Waals surface area contributed by atoms with Gasteiger partial charge in [0.15, 0.2) is 0 Å². The van der Waals surface area contributed by atoms with Gasteiger partial charge in [0, 0.05) is 6.54 Å². The lowest BCUT2D eigenvalue weighted by Crippen LogP contribution is -2.52. The average Bonchev–Trinajstić information content (AvgIpc) is 2.60. The van der Waals surface area contributed by atoms with Gasteiger partial charge in [-0.2, -0.15) is 8.78 Å². The largest absolute Gasteiger partial charge is 0.383 e. The predicted octanol–water partition coefficient (Wildman–Crippen LogP) is 2.08. The van der Waals surface area contributed by atoms with Gasteiger partial charge < -0.3 is 11.1 Å². The van der Waals surface area contributed by atoms with Gasteiger partial charge in [0.05, 0.1) is 6.04 Å². The molecule has 1 unspecified atom stereocenters. The first-order chi connectivity index (χ1) is 11.4. The third-order valence-electron chi connectivity index (χ3n) is 3.53. The molecular weight excluding hydrogens is 314 g/mol. The number of Topliss-reactive ketones (excluding diaryl/α,β-unsaturated/α-hetero) is 1.